The molecule has 4 N–H and O–H groups in total. The van der Waals surface area contributed by atoms with E-state index >= 15 is 0 Å². The monoisotopic (exact) mass is 224 g/mol. The van der Waals surface area contributed by atoms with E-state index in [0.29, 0.717) is 6.54 Å². The number of aromatic amines is 2. The topological polar surface area (TPSA) is 107 Å². The maximum Gasteiger partial charge on any atom is 0.325 e. The van der Waals surface area contributed by atoms with Crippen LogP contribution in [0.4, 0.5) is 0 Å². The van der Waals surface area contributed by atoms with Gasteiger partial charge in [0.2, 0.25) is 0 Å². The largest absolute Gasteiger partial charge is 0.348 e. The molecular weight excluding hydrogens is 212 g/mol. The molecule has 7 heteroatoms. The number of rotatable bonds is 2. The Bertz CT molecular complexity index is 498. The SMILES string of the molecule is O=C(N[C@@H]1CCNC1)c1c[nH]c(=O)[nH]c1=O. The van der Waals surface area contributed by atoms with Gasteiger partial charge in [-0.15, -0.1) is 0 Å². The van der Waals surface area contributed by atoms with Crippen LogP contribution in [0.5, 0.6) is 0 Å². The summed E-state index contributed by atoms with van der Waals surface area (Å²) in [5.74, 6) is -0.466. The number of hydrogen-bond donors (Lipinski definition) is 4. The van der Waals surface area contributed by atoms with E-state index in [1.54, 1.807) is 0 Å². The van der Waals surface area contributed by atoms with E-state index in [-0.39, 0.29) is 11.6 Å². The first-order chi connectivity index (χ1) is 7.66. The third-order valence-corrected chi connectivity index (χ3v) is 2.46. The number of H-pyrrole nitrogens is 2. The predicted molar refractivity (Wildman–Crippen MR) is 56.4 cm³/mol. The van der Waals surface area contributed by atoms with Crippen LogP contribution in [0, 0.1) is 0 Å². The van der Waals surface area contributed by atoms with E-state index in [1.807, 2.05) is 4.98 Å². The summed E-state index contributed by atoms with van der Waals surface area (Å²) in [6.07, 6.45) is 1.96. The van der Waals surface area contributed by atoms with E-state index in [0.717, 1.165) is 19.2 Å². The van der Waals surface area contributed by atoms with Gasteiger partial charge in [-0.05, 0) is 13.0 Å². The molecule has 0 aliphatic carbocycles. The van der Waals surface area contributed by atoms with Crippen LogP contribution in [0.25, 0.3) is 0 Å². The van der Waals surface area contributed by atoms with Gasteiger partial charge in [0, 0.05) is 18.8 Å². The Kier molecular flexibility index (Phi) is 2.86. The molecule has 2 heterocycles. The number of amides is 1. The third kappa shape index (κ3) is 2.19. The average molecular weight is 224 g/mol. The summed E-state index contributed by atoms with van der Waals surface area (Å²) in [6.45, 7) is 1.56. The van der Waals surface area contributed by atoms with Crippen molar-refractivity contribution in [2.75, 3.05) is 13.1 Å². The summed E-state index contributed by atoms with van der Waals surface area (Å²) in [6, 6.07) is 0.0406. The second-order valence-corrected chi connectivity index (χ2v) is 3.65. The van der Waals surface area contributed by atoms with Crippen molar-refractivity contribution in [3.05, 3.63) is 32.6 Å². The van der Waals surface area contributed by atoms with Gasteiger partial charge in [-0.3, -0.25) is 14.6 Å². The van der Waals surface area contributed by atoms with Gasteiger partial charge in [-0.25, -0.2) is 4.79 Å². The van der Waals surface area contributed by atoms with E-state index in [1.165, 1.54) is 0 Å². The fraction of sp³-hybridized carbons (Fsp3) is 0.444. The molecule has 0 spiro atoms. The van der Waals surface area contributed by atoms with Crippen LogP contribution in [0.3, 0.4) is 0 Å². The molecule has 1 saturated heterocycles. The lowest BCUT2D eigenvalue weighted by Gasteiger charge is -2.10. The third-order valence-electron chi connectivity index (χ3n) is 2.46. The van der Waals surface area contributed by atoms with Crippen LogP contribution in [0.1, 0.15) is 16.8 Å². The fourth-order valence-corrected chi connectivity index (χ4v) is 1.62. The molecule has 16 heavy (non-hydrogen) atoms. The van der Waals surface area contributed by atoms with Crippen molar-refractivity contribution in [2.24, 2.45) is 0 Å². The van der Waals surface area contributed by atoms with Gasteiger partial charge in [0.05, 0.1) is 0 Å². The van der Waals surface area contributed by atoms with Crippen molar-refractivity contribution in [3.63, 3.8) is 0 Å². The number of carbonyl (C=O) groups is 1. The molecule has 7 nitrogen and oxygen atoms in total. The number of nitrogens with one attached hydrogen (secondary N) is 4. The lowest BCUT2D eigenvalue weighted by atomic mass is 10.2. The van der Waals surface area contributed by atoms with Crippen LogP contribution in [0.2, 0.25) is 0 Å². The highest BCUT2D eigenvalue weighted by atomic mass is 16.2. The van der Waals surface area contributed by atoms with E-state index in [4.69, 9.17) is 0 Å². The number of aromatic nitrogens is 2. The molecular formula is C9H12N4O3. The molecule has 1 aliphatic rings. The maximum atomic E-state index is 11.7. The molecule has 1 amide bonds. The Morgan fingerprint density at radius 1 is 1.44 bits per heavy atom. The van der Waals surface area contributed by atoms with Gasteiger partial charge in [-0.1, -0.05) is 0 Å². The quantitative estimate of drug-likeness (QED) is 0.473. The van der Waals surface area contributed by atoms with E-state index in [2.05, 4.69) is 15.6 Å². The molecule has 0 bridgehead atoms. The Labute approximate surface area is 90.3 Å². The Morgan fingerprint density at radius 2 is 2.25 bits per heavy atom. The molecule has 1 aliphatic heterocycles. The Morgan fingerprint density at radius 3 is 2.88 bits per heavy atom. The van der Waals surface area contributed by atoms with Crippen molar-refractivity contribution in [2.45, 2.75) is 12.5 Å². The van der Waals surface area contributed by atoms with Gasteiger partial charge in [0.25, 0.3) is 11.5 Å². The molecule has 1 atom stereocenters. The zero-order valence-corrected chi connectivity index (χ0v) is 8.50. The van der Waals surface area contributed by atoms with Crippen molar-refractivity contribution >= 4 is 5.91 Å². The van der Waals surface area contributed by atoms with Crippen molar-refractivity contribution < 1.29 is 4.79 Å². The smallest absolute Gasteiger partial charge is 0.325 e. The van der Waals surface area contributed by atoms with Gasteiger partial charge in [0.1, 0.15) is 5.56 Å². The average Bonchev–Trinajstić information content (AvgIpc) is 2.70. The number of carbonyl (C=O) groups excluding carboxylic acids is 1. The molecule has 0 radical (unpaired) electrons. The summed E-state index contributed by atoms with van der Waals surface area (Å²) in [7, 11) is 0. The van der Waals surface area contributed by atoms with Crippen LogP contribution in [0.15, 0.2) is 15.8 Å². The lowest BCUT2D eigenvalue weighted by Crippen LogP contribution is -2.40. The minimum atomic E-state index is -0.674. The second-order valence-electron chi connectivity index (χ2n) is 3.65. The maximum absolute atomic E-state index is 11.7. The van der Waals surface area contributed by atoms with E-state index in [9.17, 15) is 14.4 Å². The first-order valence-corrected chi connectivity index (χ1v) is 5.00. The summed E-state index contributed by atoms with van der Waals surface area (Å²) < 4.78 is 0. The first-order valence-electron chi connectivity index (χ1n) is 5.00. The summed E-state index contributed by atoms with van der Waals surface area (Å²) in [5.41, 5.74) is -1.37. The molecule has 86 valence electrons. The predicted octanol–water partition coefficient (Wildman–Crippen LogP) is -1.85. The first kappa shape index (κ1) is 10.6. The second kappa shape index (κ2) is 4.31. The molecule has 0 unspecified atom stereocenters. The molecule has 1 fully saturated rings. The molecule has 1 aromatic heterocycles. The highest BCUT2D eigenvalue weighted by molar-refractivity contribution is 5.93. The highest BCUT2D eigenvalue weighted by Crippen LogP contribution is 1.98. The Hall–Kier alpha value is -1.89. The normalized spacial score (nSPS) is 19.6. The lowest BCUT2D eigenvalue weighted by molar-refractivity contribution is 0.0938. The molecule has 0 aromatic carbocycles. The zero-order chi connectivity index (χ0) is 11.5. The molecule has 2 rings (SSSR count). The van der Waals surface area contributed by atoms with Crippen LogP contribution >= 0.6 is 0 Å². The number of hydrogen-bond acceptors (Lipinski definition) is 4. The van der Waals surface area contributed by atoms with Crippen molar-refractivity contribution in [3.8, 4) is 0 Å². The Balaban J connectivity index is 2.14. The van der Waals surface area contributed by atoms with Crippen LogP contribution in [-0.4, -0.2) is 35.0 Å². The summed E-state index contributed by atoms with van der Waals surface area (Å²) in [5, 5.41) is 5.81. The van der Waals surface area contributed by atoms with Crippen molar-refractivity contribution in [1.29, 1.82) is 0 Å². The minimum Gasteiger partial charge on any atom is -0.348 e. The van der Waals surface area contributed by atoms with Crippen molar-refractivity contribution in [1.82, 2.24) is 20.6 Å². The minimum absolute atomic E-state index is 0.0406. The van der Waals surface area contributed by atoms with Crippen LogP contribution < -0.4 is 21.9 Å². The van der Waals surface area contributed by atoms with Crippen LogP contribution in [-0.2, 0) is 0 Å². The zero-order valence-electron chi connectivity index (χ0n) is 8.50. The van der Waals surface area contributed by atoms with Gasteiger partial charge in [0.15, 0.2) is 0 Å². The summed E-state index contributed by atoms with van der Waals surface area (Å²) >= 11 is 0. The van der Waals surface area contributed by atoms with Gasteiger partial charge < -0.3 is 15.6 Å². The molecule has 1 aromatic rings. The van der Waals surface area contributed by atoms with Gasteiger partial charge in [-0.2, -0.15) is 0 Å². The summed E-state index contributed by atoms with van der Waals surface area (Å²) in [4.78, 5) is 38.0. The fourth-order valence-electron chi connectivity index (χ4n) is 1.62. The highest BCUT2D eigenvalue weighted by Gasteiger charge is 2.19. The molecule has 0 saturated carbocycles. The van der Waals surface area contributed by atoms with Gasteiger partial charge >= 0.3 is 5.69 Å². The van der Waals surface area contributed by atoms with E-state index < -0.39 is 17.2 Å². The standard InChI is InChI=1S/C9H12N4O3/c14-7(12-5-1-2-10-3-5)6-4-11-9(16)13-8(6)15/h4-5,10H,1-3H2,(H,12,14)(H2,11,13,15,16)/t5-/m1/s1.